The van der Waals surface area contributed by atoms with Gasteiger partial charge in [0.25, 0.3) is 10.0 Å². The number of rotatable bonds is 3. The molecular formula is C12H14N2O2S3. The summed E-state index contributed by atoms with van der Waals surface area (Å²) < 4.78 is 27.1. The molecule has 2 aromatic heterocycles. The van der Waals surface area contributed by atoms with Crippen molar-refractivity contribution in [3.63, 3.8) is 0 Å². The first-order valence-electron chi connectivity index (χ1n) is 5.95. The monoisotopic (exact) mass is 314 g/mol. The molecule has 3 heterocycles. The van der Waals surface area contributed by atoms with Crippen molar-refractivity contribution >= 4 is 32.7 Å². The largest absolute Gasteiger partial charge is 0.326 e. The number of hydrogen-bond donors (Lipinski definition) is 1. The molecule has 0 unspecified atom stereocenters. The standard InChI is InChI=1S/C12H14N2O2S3/c13-7-10-1-2-12(18-10)19(15,16)14-5-3-11-9(8-14)4-6-17-11/h1-2,4,6H,3,5,7-8,13H2. The summed E-state index contributed by atoms with van der Waals surface area (Å²) in [6.45, 7) is 1.43. The van der Waals surface area contributed by atoms with Gasteiger partial charge in [-0.1, -0.05) is 0 Å². The minimum absolute atomic E-state index is 0.384. The van der Waals surface area contributed by atoms with E-state index in [0.29, 0.717) is 23.8 Å². The maximum absolute atomic E-state index is 12.5. The number of hydrogen-bond acceptors (Lipinski definition) is 5. The van der Waals surface area contributed by atoms with E-state index >= 15 is 0 Å². The van der Waals surface area contributed by atoms with Gasteiger partial charge in [0.15, 0.2) is 0 Å². The summed E-state index contributed by atoms with van der Waals surface area (Å²) in [5, 5.41) is 2.03. The molecule has 3 rings (SSSR count). The molecule has 0 saturated carbocycles. The van der Waals surface area contributed by atoms with E-state index in [9.17, 15) is 8.42 Å². The number of sulfonamides is 1. The Morgan fingerprint density at radius 2 is 2.16 bits per heavy atom. The SMILES string of the molecule is NCc1ccc(S(=O)(=O)N2CCc3sccc3C2)s1. The van der Waals surface area contributed by atoms with Gasteiger partial charge in [-0.2, -0.15) is 4.31 Å². The molecule has 2 aromatic rings. The van der Waals surface area contributed by atoms with Crippen LogP contribution >= 0.6 is 22.7 Å². The predicted molar refractivity (Wildman–Crippen MR) is 77.8 cm³/mol. The minimum Gasteiger partial charge on any atom is -0.326 e. The first-order valence-corrected chi connectivity index (χ1v) is 9.09. The van der Waals surface area contributed by atoms with E-state index in [-0.39, 0.29) is 0 Å². The Kier molecular flexibility index (Phi) is 3.48. The summed E-state index contributed by atoms with van der Waals surface area (Å²) in [5.74, 6) is 0. The molecule has 0 atom stereocenters. The van der Waals surface area contributed by atoms with Crippen molar-refractivity contribution < 1.29 is 8.42 Å². The van der Waals surface area contributed by atoms with Crippen LogP contribution in [0, 0.1) is 0 Å². The van der Waals surface area contributed by atoms with Crippen LogP contribution < -0.4 is 5.73 Å². The van der Waals surface area contributed by atoms with Crippen molar-refractivity contribution in [1.82, 2.24) is 4.31 Å². The summed E-state index contributed by atoms with van der Waals surface area (Å²) >= 11 is 2.97. The topological polar surface area (TPSA) is 63.4 Å². The van der Waals surface area contributed by atoms with Crippen molar-refractivity contribution in [3.8, 4) is 0 Å². The zero-order valence-corrected chi connectivity index (χ0v) is 12.7. The molecule has 0 spiro atoms. The number of nitrogens with zero attached hydrogens (tertiary/aromatic N) is 1. The van der Waals surface area contributed by atoms with Crippen LogP contribution in [0.3, 0.4) is 0 Å². The van der Waals surface area contributed by atoms with Crippen LogP contribution in [0.4, 0.5) is 0 Å². The van der Waals surface area contributed by atoms with Crippen LogP contribution in [0.25, 0.3) is 0 Å². The Hall–Kier alpha value is -0.730. The quantitative estimate of drug-likeness (QED) is 0.942. The molecule has 0 fully saturated rings. The first-order chi connectivity index (χ1) is 9.11. The second-order valence-corrected chi connectivity index (χ2v) is 8.72. The van der Waals surface area contributed by atoms with Gasteiger partial charge >= 0.3 is 0 Å². The van der Waals surface area contributed by atoms with Gasteiger partial charge in [-0.15, -0.1) is 22.7 Å². The Morgan fingerprint density at radius 1 is 1.32 bits per heavy atom. The van der Waals surface area contributed by atoms with E-state index in [1.165, 1.54) is 16.2 Å². The van der Waals surface area contributed by atoms with Crippen LogP contribution in [0.2, 0.25) is 0 Å². The predicted octanol–water partition coefficient (Wildman–Crippen LogP) is 2.02. The highest BCUT2D eigenvalue weighted by atomic mass is 32.2. The molecule has 0 bridgehead atoms. The number of fused-ring (bicyclic) bond motifs is 1. The third kappa shape index (κ3) is 2.36. The fraction of sp³-hybridized carbons (Fsp3) is 0.333. The lowest BCUT2D eigenvalue weighted by molar-refractivity contribution is 0.395. The molecule has 1 aliphatic heterocycles. The molecule has 0 aromatic carbocycles. The van der Waals surface area contributed by atoms with Gasteiger partial charge < -0.3 is 5.73 Å². The lowest BCUT2D eigenvalue weighted by Gasteiger charge is -2.25. The van der Waals surface area contributed by atoms with Crippen molar-refractivity contribution in [2.24, 2.45) is 5.73 Å². The average Bonchev–Trinajstić information content (AvgIpc) is 3.06. The lowest BCUT2D eigenvalue weighted by Crippen LogP contribution is -2.34. The van der Waals surface area contributed by atoms with Gasteiger partial charge in [0, 0.05) is 29.4 Å². The smallest absolute Gasteiger partial charge is 0.252 e. The van der Waals surface area contributed by atoms with Gasteiger partial charge in [0.05, 0.1) is 0 Å². The van der Waals surface area contributed by atoms with Crippen LogP contribution in [0.5, 0.6) is 0 Å². The Balaban J connectivity index is 1.89. The van der Waals surface area contributed by atoms with Crippen LogP contribution in [-0.2, 0) is 29.5 Å². The maximum Gasteiger partial charge on any atom is 0.252 e. The van der Waals surface area contributed by atoms with Crippen LogP contribution in [0.1, 0.15) is 15.3 Å². The highest BCUT2D eigenvalue weighted by Crippen LogP contribution is 2.30. The van der Waals surface area contributed by atoms with Crippen molar-refractivity contribution in [2.75, 3.05) is 6.54 Å². The molecule has 1 aliphatic rings. The fourth-order valence-electron chi connectivity index (χ4n) is 2.16. The van der Waals surface area contributed by atoms with E-state index in [0.717, 1.165) is 16.9 Å². The Morgan fingerprint density at radius 3 is 2.89 bits per heavy atom. The molecule has 0 amide bonds. The summed E-state index contributed by atoms with van der Waals surface area (Å²) in [6, 6.07) is 5.46. The van der Waals surface area contributed by atoms with Gasteiger partial charge in [-0.25, -0.2) is 8.42 Å². The van der Waals surface area contributed by atoms with E-state index < -0.39 is 10.0 Å². The van der Waals surface area contributed by atoms with Gasteiger partial charge in [-0.3, -0.25) is 0 Å². The van der Waals surface area contributed by atoms with Gasteiger partial charge in [-0.05, 0) is 35.6 Å². The molecule has 7 heteroatoms. The van der Waals surface area contributed by atoms with E-state index in [1.807, 2.05) is 11.4 Å². The third-order valence-corrected chi connectivity index (χ3v) is 7.65. The highest BCUT2D eigenvalue weighted by Gasteiger charge is 2.29. The lowest BCUT2D eigenvalue weighted by atomic mass is 10.1. The minimum atomic E-state index is -3.37. The summed E-state index contributed by atoms with van der Waals surface area (Å²) in [6.07, 6.45) is 0.807. The zero-order valence-electron chi connectivity index (χ0n) is 10.2. The summed E-state index contributed by atoms with van der Waals surface area (Å²) in [5.41, 5.74) is 6.67. The number of nitrogens with two attached hydrogens (primary N) is 1. The van der Waals surface area contributed by atoms with E-state index in [4.69, 9.17) is 5.73 Å². The van der Waals surface area contributed by atoms with Crippen LogP contribution in [0.15, 0.2) is 27.8 Å². The van der Waals surface area contributed by atoms with Gasteiger partial charge in [0.1, 0.15) is 4.21 Å². The zero-order chi connectivity index (χ0) is 13.5. The Bertz CT molecular complexity index is 687. The van der Waals surface area contributed by atoms with Crippen molar-refractivity contribution in [1.29, 1.82) is 0 Å². The normalized spacial score (nSPS) is 16.5. The highest BCUT2D eigenvalue weighted by molar-refractivity contribution is 7.91. The van der Waals surface area contributed by atoms with Gasteiger partial charge in [0.2, 0.25) is 0 Å². The van der Waals surface area contributed by atoms with Crippen LogP contribution in [-0.4, -0.2) is 19.3 Å². The number of thiophene rings is 2. The maximum atomic E-state index is 12.5. The van der Waals surface area contributed by atoms with E-state index in [2.05, 4.69) is 0 Å². The fourth-order valence-corrected chi connectivity index (χ4v) is 5.86. The van der Waals surface area contributed by atoms with Crippen molar-refractivity contribution in [3.05, 3.63) is 38.9 Å². The second-order valence-electron chi connectivity index (χ2n) is 4.38. The Labute approximate surface area is 120 Å². The molecule has 19 heavy (non-hydrogen) atoms. The van der Waals surface area contributed by atoms with Crippen molar-refractivity contribution in [2.45, 2.75) is 23.7 Å². The summed E-state index contributed by atoms with van der Waals surface area (Å²) in [4.78, 5) is 2.20. The molecule has 102 valence electrons. The molecule has 2 N–H and O–H groups in total. The summed E-state index contributed by atoms with van der Waals surface area (Å²) in [7, 11) is -3.37. The molecule has 0 aliphatic carbocycles. The van der Waals surface area contributed by atoms with E-state index in [1.54, 1.807) is 27.8 Å². The third-order valence-electron chi connectivity index (χ3n) is 3.20. The first kappa shape index (κ1) is 13.3. The molecular weight excluding hydrogens is 300 g/mol. The second kappa shape index (κ2) is 4.99. The molecule has 4 nitrogen and oxygen atoms in total. The molecule has 0 saturated heterocycles. The average molecular weight is 314 g/mol. The molecule has 0 radical (unpaired) electrons.